The quantitative estimate of drug-likeness (QED) is 0.806. The molecule has 1 atom stereocenters. The van der Waals surface area contributed by atoms with Crippen molar-refractivity contribution in [1.82, 2.24) is 14.7 Å². The van der Waals surface area contributed by atoms with Crippen LogP contribution in [0.5, 0.6) is 0 Å². The van der Waals surface area contributed by atoms with Crippen LogP contribution in [0.2, 0.25) is 0 Å². The van der Waals surface area contributed by atoms with Gasteiger partial charge in [0, 0.05) is 29.4 Å². The van der Waals surface area contributed by atoms with Crippen molar-refractivity contribution in [1.29, 1.82) is 0 Å². The van der Waals surface area contributed by atoms with Gasteiger partial charge in [0.25, 0.3) is 0 Å². The molecule has 1 N–H and O–H groups in total. The Hall–Kier alpha value is -1.66. The van der Waals surface area contributed by atoms with E-state index in [-0.39, 0.29) is 18.6 Å². The molecule has 0 bridgehead atoms. The molecule has 5 nitrogen and oxygen atoms in total. The van der Waals surface area contributed by atoms with E-state index >= 15 is 0 Å². The minimum absolute atomic E-state index is 0.000506. The highest BCUT2D eigenvalue weighted by atomic mass is 32.1. The third-order valence-electron chi connectivity index (χ3n) is 3.95. The Labute approximate surface area is 141 Å². The Morgan fingerprint density at radius 1 is 1.48 bits per heavy atom. The van der Waals surface area contributed by atoms with E-state index in [2.05, 4.69) is 24.2 Å². The minimum Gasteiger partial charge on any atom is -0.394 e. The van der Waals surface area contributed by atoms with Crippen molar-refractivity contribution < 1.29 is 9.90 Å². The van der Waals surface area contributed by atoms with Crippen LogP contribution in [-0.2, 0) is 24.8 Å². The van der Waals surface area contributed by atoms with E-state index in [0.717, 1.165) is 16.9 Å². The summed E-state index contributed by atoms with van der Waals surface area (Å²) in [5.41, 5.74) is 1.06. The van der Waals surface area contributed by atoms with Crippen LogP contribution >= 0.6 is 11.3 Å². The third-order valence-corrected chi connectivity index (χ3v) is 4.94. The van der Waals surface area contributed by atoms with Crippen LogP contribution < -0.4 is 0 Å². The Kier molecular flexibility index (Phi) is 6.36. The van der Waals surface area contributed by atoms with Crippen molar-refractivity contribution in [3.63, 3.8) is 0 Å². The highest BCUT2D eigenvalue weighted by Gasteiger charge is 2.22. The number of carbonyl (C=O) groups is 1. The lowest BCUT2D eigenvalue weighted by atomic mass is 10.1. The molecule has 2 aromatic heterocycles. The summed E-state index contributed by atoms with van der Waals surface area (Å²) in [5.74, 6) is 0.0841. The maximum Gasteiger partial charge on any atom is 0.223 e. The van der Waals surface area contributed by atoms with Gasteiger partial charge in [-0.15, -0.1) is 11.3 Å². The van der Waals surface area contributed by atoms with Crippen LogP contribution in [-0.4, -0.2) is 38.3 Å². The highest BCUT2D eigenvalue weighted by Crippen LogP contribution is 2.20. The van der Waals surface area contributed by atoms with E-state index in [0.29, 0.717) is 19.4 Å². The average molecular weight is 335 g/mol. The molecule has 0 unspecified atom stereocenters. The zero-order valence-electron chi connectivity index (χ0n) is 14.0. The molecule has 0 fully saturated rings. The number of amides is 1. The number of rotatable bonds is 8. The van der Waals surface area contributed by atoms with Crippen LogP contribution in [0.4, 0.5) is 0 Å². The number of aryl methyl sites for hydroxylation is 3. The van der Waals surface area contributed by atoms with Crippen molar-refractivity contribution in [3.05, 3.63) is 39.8 Å². The molecule has 0 aliphatic rings. The standard InChI is InChI=1S/C17H25N3O2S/c1-4-15(12-21)20(11-16-7-5-13(2)23-16)17(22)8-6-14-9-18-19(3)10-14/h5,7,9-10,15,21H,4,6,8,11-12H2,1-3H3/t15-/m1/s1. The second-order valence-electron chi connectivity index (χ2n) is 5.80. The molecule has 0 aliphatic carbocycles. The maximum absolute atomic E-state index is 12.7. The van der Waals surface area contributed by atoms with E-state index in [1.165, 1.54) is 4.88 Å². The number of hydrogen-bond acceptors (Lipinski definition) is 4. The topological polar surface area (TPSA) is 58.4 Å². The molecule has 6 heteroatoms. The van der Waals surface area contributed by atoms with Gasteiger partial charge in [0.05, 0.1) is 25.4 Å². The number of hydrogen-bond donors (Lipinski definition) is 1. The molecule has 0 radical (unpaired) electrons. The molecule has 0 aliphatic heterocycles. The molecular weight excluding hydrogens is 310 g/mol. The predicted molar refractivity (Wildman–Crippen MR) is 92.3 cm³/mol. The number of aliphatic hydroxyl groups is 1. The fourth-order valence-electron chi connectivity index (χ4n) is 2.60. The summed E-state index contributed by atoms with van der Waals surface area (Å²) in [5, 5.41) is 13.7. The molecule has 1 amide bonds. The maximum atomic E-state index is 12.7. The van der Waals surface area contributed by atoms with Gasteiger partial charge in [-0.25, -0.2) is 0 Å². The number of aromatic nitrogens is 2. The van der Waals surface area contributed by atoms with E-state index in [9.17, 15) is 9.90 Å². The zero-order valence-corrected chi connectivity index (χ0v) is 14.8. The summed E-state index contributed by atoms with van der Waals surface area (Å²) in [6.07, 6.45) is 5.59. The van der Waals surface area contributed by atoms with Crippen LogP contribution in [0.25, 0.3) is 0 Å². The molecule has 0 saturated carbocycles. The first-order valence-corrected chi connectivity index (χ1v) is 8.78. The smallest absolute Gasteiger partial charge is 0.223 e. The molecular formula is C17H25N3O2S. The van der Waals surface area contributed by atoms with Gasteiger partial charge in [0.15, 0.2) is 0 Å². The van der Waals surface area contributed by atoms with Gasteiger partial charge in [-0.1, -0.05) is 6.92 Å². The van der Waals surface area contributed by atoms with E-state index in [4.69, 9.17) is 0 Å². The van der Waals surface area contributed by atoms with Gasteiger partial charge < -0.3 is 10.0 Å². The Bertz CT molecular complexity index is 631. The minimum atomic E-state index is -0.126. The molecule has 126 valence electrons. The molecule has 0 saturated heterocycles. The summed E-state index contributed by atoms with van der Waals surface area (Å²) in [6.45, 7) is 4.64. The molecule has 0 aromatic carbocycles. The van der Waals surface area contributed by atoms with Crippen LogP contribution in [0, 0.1) is 6.92 Å². The zero-order chi connectivity index (χ0) is 16.8. The normalized spacial score (nSPS) is 12.3. The number of carbonyl (C=O) groups excluding carboxylic acids is 1. The SMILES string of the molecule is CC[C@H](CO)N(Cc1ccc(C)s1)C(=O)CCc1cnn(C)c1. The van der Waals surface area contributed by atoms with Crippen molar-refractivity contribution >= 4 is 17.2 Å². The van der Waals surface area contributed by atoms with Crippen LogP contribution in [0.1, 0.15) is 35.1 Å². The van der Waals surface area contributed by atoms with Crippen molar-refractivity contribution in [2.45, 2.75) is 45.7 Å². The predicted octanol–water partition coefficient (Wildman–Crippen LogP) is 2.52. The summed E-state index contributed by atoms with van der Waals surface area (Å²) in [6, 6.07) is 4.00. The monoisotopic (exact) mass is 335 g/mol. The first-order valence-electron chi connectivity index (χ1n) is 7.96. The Morgan fingerprint density at radius 3 is 2.78 bits per heavy atom. The first-order chi connectivity index (χ1) is 11.0. The van der Waals surface area contributed by atoms with E-state index < -0.39 is 0 Å². The first kappa shape index (κ1) is 17.7. The fraction of sp³-hybridized carbons (Fsp3) is 0.529. The second kappa shape index (κ2) is 8.26. The summed E-state index contributed by atoms with van der Waals surface area (Å²) >= 11 is 1.70. The van der Waals surface area contributed by atoms with Gasteiger partial charge in [0.1, 0.15) is 0 Å². The number of thiophene rings is 1. The lowest BCUT2D eigenvalue weighted by Gasteiger charge is -2.29. The van der Waals surface area contributed by atoms with Crippen molar-refractivity contribution in [3.8, 4) is 0 Å². The summed E-state index contributed by atoms with van der Waals surface area (Å²) in [4.78, 5) is 16.9. The van der Waals surface area contributed by atoms with Gasteiger partial charge in [-0.05, 0) is 37.5 Å². The second-order valence-corrected chi connectivity index (χ2v) is 7.17. The highest BCUT2D eigenvalue weighted by molar-refractivity contribution is 7.11. The average Bonchev–Trinajstić information content (AvgIpc) is 3.13. The fourth-order valence-corrected chi connectivity index (χ4v) is 3.49. The van der Waals surface area contributed by atoms with Gasteiger partial charge in [-0.3, -0.25) is 9.48 Å². The van der Waals surface area contributed by atoms with Crippen LogP contribution in [0.15, 0.2) is 24.5 Å². The Balaban J connectivity index is 2.04. The Morgan fingerprint density at radius 2 is 2.26 bits per heavy atom. The van der Waals surface area contributed by atoms with Crippen LogP contribution in [0.3, 0.4) is 0 Å². The van der Waals surface area contributed by atoms with Gasteiger partial charge in [0.2, 0.25) is 5.91 Å². The van der Waals surface area contributed by atoms with Gasteiger partial charge >= 0.3 is 0 Å². The van der Waals surface area contributed by atoms with E-state index in [1.54, 1.807) is 22.2 Å². The lowest BCUT2D eigenvalue weighted by molar-refractivity contribution is -0.135. The van der Waals surface area contributed by atoms with Gasteiger partial charge in [-0.2, -0.15) is 5.10 Å². The number of nitrogens with zero attached hydrogens (tertiary/aromatic N) is 3. The third kappa shape index (κ3) is 4.91. The largest absolute Gasteiger partial charge is 0.394 e. The summed E-state index contributed by atoms with van der Waals surface area (Å²) < 4.78 is 1.74. The number of aliphatic hydroxyl groups excluding tert-OH is 1. The van der Waals surface area contributed by atoms with E-state index in [1.807, 2.05) is 25.1 Å². The van der Waals surface area contributed by atoms with Crippen molar-refractivity contribution in [2.24, 2.45) is 7.05 Å². The molecule has 23 heavy (non-hydrogen) atoms. The molecule has 0 spiro atoms. The summed E-state index contributed by atoms with van der Waals surface area (Å²) in [7, 11) is 1.87. The molecule has 2 rings (SSSR count). The van der Waals surface area contributed by atoms with Crippen molar-refractivity contribution in [2.75, 3.05) is 6.61 Å². The molecule has 2 aromatic rings. The lowest BCUT2D eigenvalue weighted by Crippen LogP contribution is -2.41. The molecule has 2 heterocycles.